The van der Waals surface area contributed by atoms with Crippen molar-refractivity contribution in [2.24, 2.45) is 5.73 Å². The number of fused-ring (bicyclic) bond motifs is 1. The number of nitrogens with zero attached hydrogens (tertiary/aromatic N) is 2. The number of aromatic nitrogens is 2. The Morgan fingerprint density at radius 2 is 2.11 bits per heavy atom. The molecule has 7 heteroatoms. The maximum atomic E-state index is 14.1. The van der Waals surface area contributed by atoms with Crippen LogP contribution in [-0.2, 0) is 6.42 Å². The molecular formula is C21H23FN4O2. The van der Waals surface area contributed by atoms with Crippen LogP contribution in [0.2, 0.25) is 0 Å². The average molecular weight is 382 g/mol. The van der Waals surface area contributed by atoms with Crippen LogP contribution in [0.25, 0.3) is 11.3 Å². The molecule has 0 radical (unpaired) electrons. The van der Waals surface area contributed by atoms with Crippen LogP contribution in [0.5, 0.6) is 5.75 Å². The van der Waals surface area contributed by atoms with Gasteiger partial charge in [0.15, 0.2) is 0 Å². The van der Waals surface area contributed by atoms with Crippen molar-refractivity contribution in [3.63, 3.8) is 0 Å². The highest BCUT2D eigenvalue weighted by Crippen LogP contribution is 2.41. The van der Waals surface area contributed by atoms with Crippen molar-refractivity contribution in [2.45, 2.75) is 37.8 Å². The van der Waals surface area contributed by atoms with Crippen molar-refractivity contribution in [3.05, 3.63) is 60.4 Å². The lowest BCUT2D eigenvalue weighted by molar-refractivity contribution is 0.104. The summed E-state index contributed by atoms with van der Waals surface area (Å²) in [5.74, 6) is 1.47. The van der Waals surface area contributed by atoms with Crippen LogP contribution in [0.4, 0.5) is 10.3 Å². The number of furan rings is 1. The predicted octanol–water partition coefficient (Wildman–Crippen LogP) is 3.79. The second-order valence-electron chi connectivity index (χ2n) is 7.22. The van der Waals surface area contributed by atoms with Crippen LogP contribution in [0.15, 0.2) is 53.4 Å². The van der Waals surface area contributed by atoms with Crippen LogP contribution in [0, 0.1) is 5.82 Å². The first kappa shape index (κ1) is 18.4. The lowest BCUT2D eigenvalue weighted by Crippen LogP contribution is -2.52. The van der Waals surface area contributed by atoms with Gasteiger partial charge in [-0.1, -0.05) is 0 Å². The molecule has 4 rings (SSSR count). The number of nitrogens with two attached hydrogens (primary N) is 1. The number of hydrogen-bond donors (Lipinski definition) is 2. The summed E-state index contributed by atoms with van der Waals surface area (Å²) in [5.41, 5.74) is 6.87. The summed E-state index contributed by atoms with van der Waals surface area (Å²) in [5, 5.41) is 3.40. The van der Waals surface area contributed by atoms with Crippen molar-refractivity contribution in [2.75, 3.05) is 11.9 Å². The Hall–Kier alpha value is -2.93. The van der Waals surface area contributed by atoms with E-state index in [1.807, 2.05) is 0 Å². The minimum Gasteiger partial charge on any atom is -0.487 e. The quantitative estimate of drug-likeness (QED) is 0.675. The molecule has 0 spiro atoms. The minimum atomic E-state index is -0.484. The van der Waals surface area contributed by atoms with Gasteiger partial charge >= 0.3 is 0 Å². The molecule has 0 amide bonds. The molecule has 2 unspecified atom stereocenters. The van der Waals surface area contributed by atoms with Gasteiger partial charge in [0.1, 0.15) is 23.4 Å². The minimum absolute atomic E-state index is 0.188. The van der Waals surface area contributed by atoms with Crippen LogP contribution in [0.1, 0.15) is 25.3 Å². The lowest BCUT2D eigenvalue weighted by atomic mass is 9.84. The molecule has 1 aliphatic rings. The molecule has 3 N–H and O–H groups in total. The molecule has 0 aliphatic carbocycles. The van der Waals surface area contributed by atoms with Crippen LogP contribution < -0.4 is 15.8 Å². The molecule has 3 aromatic rings. The van der Waals surface area contributed by atoms with E-state index < -0.39 is 5.54 Å². The predicted molar refractivity (Wildman–Crippen MR) is 105 cm³/mol. The normalized spacial score (nSPS) is 18.0. The van der Waals surface area contributed by atoms with Crippen molar-refractivity contribution in [1.82, 2.24) is 9.97 Å². The van der Waals surface area contributed by atoms with Gasteiger partial charge in [-0.2, -0.15) is 0 Å². The van der Waals surface area contributed by atoms with Gasteiger partial charge < -0.3 is 20.2 Å². The van der Waals surface area contributed by atoms with E-state index in [1.54, 1.807) is 36.9 Å². The highest BCUT2D eigenvalue weighted by atomic mass is 19.1. The van der Waals surface area contributed by atoms with Gasteiger partial charge in [-0.25, -0.2) is 14.4 Å². The fraction of sp³-hybridized carbons (Fsp3) is 0.333. The Kier molecular flexibility index (Phi) is 5.00. The number of rotatable bonds is 6. The lowest BCUT2D eigenvalue weighted by Gasteiger charge is -2.41. The van der Waals surface area contributed by atoms with Gasteiger partial charge in [0.05, 0.1) is 17.4 Å². The van der Waals surface area contributed by atoms with E-state index in [-0.39, 0.29) is 11.9 Å². The van der Waals surface area contributed by atoms with E-state index >= 15 is 0 Å². The molecule has 3 heterocycles. The Balaban J connectivity index is 1.68. The third kappa shape index (κ3) is 3.57. The van der Waals surface area contributed by atoms with Crippen molar-refractivity contribution in [3.8, 4) is 17.1 Å². The fourth-order valence-corrected chi connectivity index (χ4v) is 3.75. The first-order valence-electron chi connectivity index (χ1n) is 9.37. The van der Waals surface area contributed by atoms with E-state index in [2.05, 4.69) is 22.2 Å². The van der Waals surface area contributed by atoms with Crippen molar-refractivity contribution in [1.29, 1.82) is 0 Å². The van der Waals surface area contributed by atoms with Gasteiger partial charge in [-0.15, -0.1) is 0 Å². The fourth-order valence-electron chi connectivity index (χ4n) is 3.75. The SMILES string of the molecule is CC(CCN)(Nc1ncccn1)C1CCc2cc(F)cc(-c3ccco3)c2O1. The summed E-state index contributed by atoms with van der Waals surface area (Å²) >= 11 is 0. The third-order valence-electron chi connectivity index (χ3n) is 5.19. The van der Waals surface area contributed by atoms with E-state index in [0.29, 0.717) is 42.4 Å². The first-order chi connectivity index (χ1) is 13.6. The molecule has 0 fully saturated rings. The molecule has 146 valence electrons. The summed E-state index contributed by atoms with van der Waals surface area (Å²) in [4.78, 5) is 8.54. The zero-order valence-corrected chi connectivity index (χ0v) is 15.7. The Morgan fingerprint density at radius 1 is 1.29 bits per heavy atom. The molecule has 2 aromatic heterocycles. The largest absolute Gasteiger partial charge is 0.487 e. The van der Waals surface area contributed by atoms with Crippen molar-refractivity contribution < 1.29 is 13.5 Å². The molecular weight excluding hydrogens is 359 g/mol. The summed E-state index contributed by atoms with van der Waals surface area (Å²) in [6.45, 7) is 2.54. The zero-order valence-electron chi connectivity index (χ0n) is 15.7. The third-order valence-corrected chi connectivity index (χ3v) is 5.19. The number of anilines is 1. The first-order valence-corrected chi connectivity index (χ1v) is 9.37. The smallest absolute Gasteiger partial charge is 0.223 e. The van der Waals surface area contributed by atoms with Gasteiger partial charge in [0.2, 0.25) is 5.95 Å². The van der Waals surface area contributed by atoms with Gasteiger partial charge in [-0.3, -0.25) is 0 Å². The standard InChI is InChI=1S/C21H23FN4O2/c1-21(7-8-23,26-20-24-9-3-10-25-20)18-6-5-14-12-15(22)13-16(19(14)28-18)17-4-2-11-27-17/h2-4,9-13,18H,5-8,23H2,1H3,(H,24,25,26). The highest BCUT2D eigenvalue weighted by molar-refractivity contribution is 5.68. The average Bonchev–Trinajstić information content (AvgIpc) is 3.22. The number of ether oxygens (including phenoxy) is 1. The molecule has 6 nitrogen and oxygen atoms in total. The molecule has 1 aliphatic heterocycles. The van der Waals surface area contributed by atoms with Crippen LogP contribution >= 0.6 is 0 Å². The van der Waals surface area contributed by atoms with Gasteiger partial charge in [0.25, 0.3) is 0 Å². The number of halogens is 1. The van der Waals surface area contributed by atoms with E-state index in [9.17, 15) is 4.39 Å². The van der Waals surface area contributed by atoms with Crippen molar-refractivity contribution >= 4 is 5.95 Å². The topological polar surface area (TPSA) is 86.2 Å². The number of nitrogens with one attached hydrogen (secondary N) is 1. The molecule has 0 bridgehead atoms. The summed E-state index contributed by atoms with van der Waals surface area (Å²) < 4.78 is 26.1. The Morgan fingerprint density at radius 3 is 2.82 bits per heavy atom. The summed E-state index contributed by atoms with van der Waals surface area (Å²) in [6, 6.07) is 8.33. The Bertz CT molecular complexity index is 933. The van der Waals surface area contributed by atoms with Crippen LogP contribution in [-0.4, -0.2) is 28.2 Å². The maximum Gasteiger partial charge on any atom is 0.223 e. The second-order valence-corrected chi connectivity index (χ2v) is 7.22. The Labute approximate surface area is 162 Å². The summed E-state index contributed by atoms with van der Waals surface area (Å²) in [6.07, 6.45) is 6.85. The molecule has 1 aromatic carbocycles. The monoisotopic (exact) mass is 382 g/mol. The molecule has 0 saturated heterocycles. The second kappa shape index (κ2) is 7.59. The molecule has 2 atom stereocenters. The zero-order chi connectivity index (χ0) is 19.6. The van der Waals surface area contributed by atoms with Gasteiger partial charge in [-0.05, 0) is 68.6 Å². The number of benzene rings is 1. The van der Waals surface area contributed by atoms with E-state index in [0.717, 1.165) is 12.0 Å². The number of hydrogen-bond acceptors (Lipinski definition) is 6. The number of aryl methyl sites for hydroxylation is 1. The van der Waals surface area contributed by atoms with E-state index in [4.69, 9.17) is 14.9 Å². The van der Waals surface area contributed by atoms with Gasteiger partial charge in [0, 0.05) is 12.4 Å². The van der Waals surface area contributed by atoms with Crippen LogP contribution in [0.3, 0.4) is 0 Å². The summed E-state index contributed by atoms with van der Waals surface area (Å²) in [7, 11) is 0. The van der Waals surface area contributed by atoms with E-state index in [1.165, 1.54) is 12.1 Å². The highest BCUT2D eigenvalue weighted by Gasteiger charge is 2.39. The molecule has 0 saturated carbocycles. The molecule has 28 heavy (non-hydrogen) atoms. The maximum absolute atomic E-state index is 14.1.